The first-order valence-corrected chi connectivity index (χ1v) is 8.54. The second kappa shape index (κ2) is 7.10. The minimum Gasteiger partial charge on any atom is -0.348 e. The lowest BCUT2D eigenvalue weighted by Crippen LogP contribution is -2.23. The number of rotatable bonds is 4. The number of aromatic nitrogens is 6. The van der Waals surface area contributed by atoms with Gasteiger partial charge in [0.15, 0.2) is 5.82 Å². The van der Waals surface area contributed by atoms with Gasteiger partial charge in [-0.15, -0.1) is 0 Å². The summed E-state index contributed by atoms with van der Waals surface area (Å²) in [6, 6.07) is 6.04. The maximum atomic E-state index is 14.0. The van der Waals surface area contributed by atoms with Crippen LogP contribution in [0, 0.1) is 19.7 Å². The third kappa shape index (κ3) is 3.41. The molecule has 9 heteroatoms. The van der Waals surface area contributed by atoms with E-state index >= 15 is 0 Å². The molecule has 0 spiro atoms. The molecule has 0 radical (unpaired) electrons. The third-order valence-electron chi connectivity index (χ3n) is 4.31. The molecule has 28 heavy (non-hydrogen) atoms. The van der Waals surface area contributed by atoms with Crippen molar-refractivity contribution in [1.29, 1.82) is 0 Å². The van der Waals surface area contributed by atoms with Gasteiger partial charge in [-0.05, 0) is 31.5 Å². The van der Waals surface area contributed by atoms with Crippen molar-refractivity contribution in [3.05, 3.63) is 71.4 Å². The van der Waals surface area contributed by atoms with Gasteiger partial charge in [-0.3, -0.25) is 4.79 Å². The van der Waals surface area contributed by atoms with Crippen molar-refractivity contribution in [2.45, 2.75) is 20.4 Å². The van der Waals surface area contributed by atoms with Crippen LogP contribution in [0.4, 0.5) is 4.39 Å². The Labute approximate surface area is 159 Å². The summed E-state index contributed by atoms with van der Waals surface area (Å²) in [6.07, 6.45) is 4.60. The van der Waals surface area contributed by atoms with Crippen LogP contribution in [0.3, 0.4) is 0 Å². The SMILES string of the molecule is Cc1nc2cc(F)cc(C(=O)NCc3ccc(-n4cncn4)nc3)c2nc1C. The van der Waals surface area contributed by atoms with E-state index in [1.54, 1.807) is 32.4 Å². The van der Waals surface area contributed by atoms with E-state index < -0.39 is 11.7 Å². The van der Waals surface area contributed by atoms with Crippen molar-refractivity contribution in [1.82, 2.24) is 35.0 Å². The molecule has 0 saturated carbocycles. The lowest BCUT2D eigenvalue weighted by atomic mass is 10.1. The van der Waals surface area contributed by atoms with E-state index in [0.29, 0.717) is 28.2 Å². The molecule has 0 aliphatic carbocycles. The molecular formula is C19H16FN7O. The third-order valence-corrected chi connectivity index (χ3v) is 4.31. The lowest BCUT2D eigenvalue weighted by molar-refractivity contribution is 0.0952. The summed E-state index contributed by atoms with van der Waals surface area (Å²) in [6.45, 7) is 3.83. The monoisotopic (exact) mass is 377 g/mol. The molecule has 0 aliphatic heterocycles. The summed E-state index contributed by atoms with van der Waals surface area (Å²) in [5, 5.41) is 6.78. The average molecular weight is 377 g/mol. The standard InChI is InChI=1S/C19H16FN7O/c1-11-12(2)26-18-15(5-14(20)6-16(18)25-11)19(28)23-8-13-3-4-17(22-7-13)27-10-21-9-24-27/h3-7,9-10H,8H2,1-2H3,(H,23,28). The van der Waals surface area contributed by atoms with Gasteiger partial charge >= 0.3 is 0 Å². The topological polar surface area (TPSA) is 98.5 Å². The quantitative estimate of drug-likeness (QED) is 0.586. The number of pyridine rings is 1. The first-order valence-electron chi connectivity index (χ1n) is 8.54. The highest BCUT2D eigenvalue weighted by Gasteiger charge is 2.15. The first kappa shape index (κ1) is 17.7. The molecular weight excluding hydrogens is 361 g/mol. The number of carbonyl (C=O) groups excluding carboxylic acids is 1. The Balaban J connectivity index is 1.55. The fourth-order valence-electron chi connectivity index (χ4n) is 2.73. The molecule has 1 N–H and O–H groups in total. The zero-order valence-corrected chi connectivity index (χ0v) is 15.2. The van der Waals surface area contributed by atoms with Gasteiger partial charge in [0, 0.05) is 18.8 Å². The van der Waals surface area contributed by atoms with E-state index in [1.807, 2.05) is 6.07 Å². The minimum absolute atomic E-state index is 0.151. The maximum absolute atomic E-state index is 14.0. The minimum atomic E-state index is -0.533. The molecule has 3 heterocycles. The molecule has 0 fully saturated rings. The molecule has 1 aromatic carbocycles. The highest BCUT2D eigenvalue weighted by molar-refractivity contribution is 6.04. The van der Waals surface area contributed by atoms with Crippen molar-refractivity contribution in [3.63, 3.8) is 0 Å². The molecule has 0 atom stereocenters. The van der Waals surface area contributed by atoms with Crippen molar-refractivity contribution < 1.29 is 9.18 Å². The van der Waals surface area contributed by atoms with Crippen molar-refractivity contribution in [3.8, 4) is 5.82 Å². The summed E-state index contributed by atoms with van der Waals surface area (Å²) in [7, 11) is 0. The van der Waals surface area contributed by atoms with E-state index in [2.05, 4.69) is 30.4 Å². The van der Waals surface area contributed by atoms with Crippen LogP contribution < -0.4 is 5.32 Å². The van der Waals surface area contributed by atoms with Gasteiger partial charge in [0.1, 0.15) is 24.0 Å². The molecule has 0 saturated heterocycles. The van der Waals surface area contributed by atoms with E-state index in [9.17, 15) is 9.18 Å². The molecule has 0 unspecified atom stereocenters. The first-order chi connectivity index (χ1) is 13.5. The van der Waals surface area contributed by atoms with Crippen molar-refractivity contribution >= 4 is 16.9 Å². The molecule has 3 aromatic heterocycles. The van der Waals surface area contributed by atoms with Crippen LogP contribution in [0.15, 0.2) is 43.1 Å². The van der Waals surface area contributed by atoms with Crippen molar-refractivity contribution in [2.75, 3.05) is 0 Å². The summed E-state index contributed by atoms with van der Waals surface area (Å²) in [5.41, 5.74) is 3.06. The maximum Gasteiger partial charge on any atom is 0.253 e. The normalized spacial score (nSPS) is 11.0. The summed E-state index contributed by atoms with van der Waals surface area (Å²) in [4.78, 5) is 29.5. The number of aryl methyl sites for hydroxylation is 2. The highest BCUT2D eigenvalue weighted by atomic mass is 19.1. The fraction of sp³-hybridized carbons (Fsp3) is 0.158. The van der Waals surface area contributed by atoms with E-state index in [0.717, 1.165) is 5.56 Å². The van der Waals surface area contributed by atoms with E-state index in [1.165, 1.54) is 23.1 Å². The molecule has 4 rings (SSSR count). The average Bonchev–Trinajstić information content (AvgIpc) is 3.22. The number of amides is 1. The Bertz CT molecular complexity index is 1160. The number of benzene rings is 1. The predicted molar refractivity (Wildman–Crippen MR) is 99.3 cm³/mol. The summed E-state index contributed by atoms with van der Waals surface area (Å²) in [5.74, 6) is -0.346. The predicted octanol–water partition coefficient (Wildman–Crippen LogP) is 2.29. The van der Waals surface area contributed by atoms with Crippen LogP contribution in [-0.4, -0.2) is 35.6 Å². The van der Waals surface area contributed by atoms with Crippen LogP contribution in [0.5, 0.6) is 0 Å². The number of nitrogens with one attached hydrogen (secondary N) is 1. The van der Waals surface area contributed by atoms with Crippen LogP contribution in [-0.2, 0) is 6.54 Å². The van der Waals surface area contributed by atoms with Gasteiger partial charge in [0.05, 0.1) is 22.5 Å². The Hall–Kier alpha value is -3.75. The van der Waals surface area contributed by atoms with Gasteiger partial charge in [0.2, 0.25) is 0 Å². The Morgan fingerprint density at radius 2 is 2.00 bits per heavy atom. The zero-order valence-electron chi connectivity index (χ0n) is 15.2. The molecule has 140 valence electrons. The smallest absolute Gasteiger partial charge is 0.253 e. The van der Waals surface area contributed by atoms with Crippen LogP contribution in [0.2, 0.25) is 0 Å². The molecule has 0 bridgehead atoms. The van der Waals surface area contributed by atoms with E-state index in [4.69, 9.17) is 0 Å². The number of nitrogens with zero attached hydrogens (tertiary/aromatic N) is 6. The molecule has 0 aliphatic rings. The fourth-order valence-corrected chi connectivity index (χ4v) is 2.73. The van der Waals surface area contributed by atoms with Gasteiger partial charge < -0.3 is 5.32 Å². The van der Waals surface area contributed by atoms with Gasteiger partial charge in [-0.25, -0.2) is 29.0 Å². The van der Waals surface area contributed by atoms with Crippen LogP contribution in [0.1, 0.15) is 27.3 Å². The summed E-state index contributed by atoms with van der Waals surface area (Å²) < 4.78 is 15.5. The largest absolute Gasteiger partial charge is 0.348 e. The van der Waals surface area contributed by atoms with Crippen molar-refractivity contribution in [2.24, 2.45) is 0 Å². The molecule has 4 aromatic rings. The Kier molecular flexibility index (Phi) is 4.48. The molecule has 1 amide bonds. The Morgan fingerprint density at radius 1 is 1.18 bits per heavy atom. The number of hydrogen-bond donors (Lipinski definition) is 1. The number of fused-ring (bicyclic) bond motifs is 1. The molecule has 8 nitrogen and oxygen atoms in total. The zero-order chi connectivity index (χ0) is 19.7. The van der Waals surface area contributed by atoms with Gasteiger partial charge in [0.25, 0.3) is 5.91 Å². The van der Waals surface area contributed by atoms with Crippen LogP contribution in [0.25, 0.3) is 16.9 Å². The van der Waals surface area contributed by atoms with Crippen LogP contribution >= 0.6 is 0 Å². The number of carbonyl (C=O) groups is 1. The second-order valence-corrected chi connectivity index (χ2v) is 6.26. The highest BCUT2D eigenvalue weighted by Crippen LogP contribution is 2.19. The van der Waals surface area contributed by atoms with Gasteiger partial charge in [-0.1, -0.05) is 6.07 Å². The van der Waals surface area contributed by atoms with Gasteiger partial charge in [-0.2, -0.15) is 5.10 Å². The van der Waals surface area contributed by atoms with E-state index in [-0.39, 0.29) is 12.1 Å². The second-order valence-electron chi connectivity index (χ2n) is 6.26. The Morgan fingerprint density at radius 3 is 2.71 bits per heavy atom. The number of hydrogen-bond acceptors (Lipinski definition) is 6. The number of halogens is 1. The lowest BCUT2D eigenvalue weighted by Gasteiger charge is -2.10. The summed E-state index contributed by atoms with van der Waals surface area (Å²) >= 11 is 0.